The number of methoxy groups -OCH3 is 1. The summed E-state index contributed by atoms with van der Waals surface area (Å²) in [6.45, 7) is 0. The van der Waals surface area contributed by atoms with Gasteiger partial charge in [0.05, 0.1) is 7.11 Å². The lowest BCUT2D eigenvalue weighted by Gasteiger charge is -2.04. The third-order valence-corrected chi connectivity index (χ3v) is 2.27. The minimum atomic E-state index is -1.66. The lowest BCUT2D eigenvalue weighted by molar-refractivity contribution is 0.325. The third kappa shape index (κ3) is 1.91. The molecule has 77 valence electrons. The first-order valence-corrected chi connectivity index (χ1v) is 4.47. The maximum atomic E-state index is 12.3. The molecular formula is C12H9F2O. The third-order valence-electron chi connectivity index (χ3n) is 2.27. The molecule has 0 spiro atoms. The second-order valence-corrected chi connectivity index (χ2v) is 3.19. The molecule has 2 aromatic carbocycles. The van der Waals surface area contributed by atoms with Crippen LogP contribution in [0.15, 0.2) is 36.4 Å². The lowest BCUT2D eigenvalue weighted by Crippen LogP contribution is -1.86. The molecule has 0 saturated heterocycles. The summed E-state index contributed by atoms with van der Waals surface area (Å²) in [6.07, 6.45) is -1.66. The van der Waals surface area contributed by atoms with Gasteiger partial charge in [-0.3, -0.25) is 0 Å². The maximum Gasteiger partial charge on any atom is 0.339 e. The summed E-state index contributed by atoms with van der Waals surface area (Å²) in [6, 6.07) is 9.85. The van der Waals surface area contributed by atoms with E-state index in [-0.39, 0.29) is 5.56 Å². The largest absolute Gasteiger partial charge is 0.497 e. The number of benzene rings is 2. The monoisotopic (exact) mass is 207 g/mol. The van der Waals surface area contributed by atoms with Gasteiger partial charge in [-0.1, -0.05) is 18.2 Å². The van der Waals surface area contributed by atoms with Crippen LogP contribution in [0.4, 0.5) is 8.78 Å². The number of halogens is 2. The van der Waals surface area contributed by atoms with Crippen molar-refractivity contribution in [2.24, 2.45) is 0 Å². The number of hydrogen-bond acceptors (Lipinski definition) is 1. The first-order valence-electron chi connectivity index (χ1n) is 4.47. The fraction of sp³-hybridized carbons (Fsp3) is 0.0833. The predicted octanol–water partition coefficient (Wildman–Crippen LogP) is 3.62. The van der Waals surface area contributed by atoms with Crippen molar-refractivity contribution in [2.75, 3.05) is 7.11 Å². The van der Waals surface area contributed by atoms with Gasteiger partial charge in [-0.05, 0) is 29.0 Å². The quantitative estimate of drug-likeness (QED) is 0.730. The van der Waals surface area contributed by atoms with Crippen LogP contribution < -0.4 is 4.74 Å². The Hall–Kier alpha value is -1.64. The van der Waals surface area contributed by atoms with Crippen LogP contribution in [0.25, 0.3) is 10.8 Å². The summed E-state index contributed by atoms with van der Waals surface area (Å²) in [5.41, 5.74) is -0.0346. The summed E-state index contributed by atoms with van der Waals surface area (Å²) in [5, 5.41) is 1.67. The van der Waals surface area contributed by atoms with Crippen LogP contribution in [-0.2, 0) is 0 Å². The predicted molar refractivity (Wildman–Crippen MR) is 55.1 cm³/mol. The van der Waals surface area contributed by atoms with Gasteiger partial charge >= 0.3 is 6.43 Å². The Morgan fingerprint density at radius 1 is 1.00 bits per heavy atom. The number of hydrogen-bond donors (Lipinski definition) is 0. The van der Waals surface area contributed by atoms with Crippen molar-refractivity contribution in [3.05, 3.63) is 48.4 Å². The van der Waals surface area contributed by atoms with Crippen molar-refractivity contribution in [2.45, 2.75) is 0 Å². The summed E-state index contributed by atoms with van der Waals surface area (Å²) in [7, 11) is 1.57. The zero-order valence-corrected chi connectivity index (χ0v) is 8.13. The van der Waals surface area contributed by atoms with Crippen molar-refractivity contribution >= 4 is 10.8 Å². The van der Waals surface area contributed by atoms with E-state index < -0.39 is 6.43 Å². The molecule has 0 atom stereocenters. The van der Waals surface area contributed by atoms with E-state index in [0.717, 1.165) is 16.5 Å². The molecule has 1 radical (unpaired) electrons. The fourth-order valence-corrected chi connectivity index (χ4v) is 1.47. The molecule has 0 N–H and O–H groups in total. The Bertz CT molecular complexity index is 480. The van der Waals surface area contributed by atoms with Gasteiger partial charge in [-0.25, -0.2) is 0 Å². The van der Waals surface area contributed by atoms with E-state index in [0.29, 0.717) is 0 Å². The maximum absolute atomic E-state index is 12.3. The molecule has 0 amide bonds. The van der Waals surface area contributed by atoms with Crippen LogP contribution in [0, 0.1) is 6.43 Å². The topological polar surface area (TPSA) is 9.23 Å². The number of fused-ring (bicyclic) bond motifs is 1. The molecule has 2 rings (SSSR count). The van der Waals surface area contributed by atoms with E-state index in [9.17, 15) is 8.78 Å². The molecule has 0 aliphatic carbocycles. The molecule has 15 heavy (non-hydrogen) atoms. The number of ether oxygens (including phenoxy) is 1. The molecule has 3 heteroatoms. The Kier molecular flexibility index (Phi) is 2.54. The average molecular weight is 207 g/mol. The summed E-state index contributed by atoms with van der Waals surface area (Å²) in [5.74, 6) is 0.722. The highest BCUT2D eigenvalue weighted by atomic mass is 19.3. The Labute approximate surface area is 86.3 Å². The van der Waals surface area contributed by atoms with Crippen molar-refractivity contribution in [1.29, 1.82) is 0 Å². The molecule has 0 saturated carbocycles. The molecule has 0 fully saturated rings. The van der Waals surface area contributed by atoms with Crippen molar-refractivity contribution in [3.63, 3.8) is 0 Å². The normalized spacial score (nSPS) is 10.9. The Morgan fingerprint density at radius 3 is 2.33 bits per heavy atom. The molecular weight excluding hydrogens is 198 g/mol. The smallest absolute Gasteiger partial charge is 0.339 e. The lowest BCUT2D eigenvalue weighted by atomic mass is 10.1. The van der Waals surface area contributed by atoms with Gasteiger partial charge in [0, 0.05) is 5.56 Å². The first kappa shape index (κ1) is 9.90. The van der Waals surface area contributed by atoms with Crippen LogP contribution in [0.5, 0.6) is 5.75 Å². The zero-order chi connectivity index (χ0) is 10.8. The van der Waals surface area contributed by atoms with Gasteiger partial charge in [0.2, 0.25) is 0 Å². The second-order valence-electron chi connectivity index (χ2n) is 3.19. The highest BCUT2D eigenvalue weighted by molar-refractivity contribution is 5.84. The van der Waals surface area contributed by atoms with Crippen molar-refractivity contribution in [3.8, 4) is 5.75 Å². The molecule has 0 unspecified atom stereocenters. The van der Waals surface area contributed by atoms with E-state index in [4.69, 9.17) is 4.74 Å². The average Bonchev–Trinajstić information content (AvgIpc) is 2.27. The van der Waals surface area contributed by atoms with E-state index in [1.54, 1.807) is 25.3 Å². The standard InChI is InChI=1S/C12H9F2O/c1-15-11-5-4-8-6-10(12(13)14)3-2-9(8)7-11/h2-7H,1H3. The first-order chi connectivity index (χ1) is 7.20. The van der Waals surface area contributed by atoms with E-state index in [1.807, 2.05) is 6.07 Å². The minimum Gasteiger partial charge on any atom is -0.497 e. The zero-order valence-electron chi connectivity index (χ0n) is 8.13. The SMILES string of the molecule is COc1ccc2cc([C](F)F)ccc2c1. The van der Waals surface area contributed by atoms with Gasteiger partial charge in [0.15, 0.2) is 0 Å². The van der Waals surface area contributed by atoms with Gasteiger partial charge in [-0.2, -0.15) is 8.78 Å². The van der Waals surface area contributed by atoms with Crippen molar-refractivity contribution in [1.82, 2.24) is 0 Å². The van der Waals surface area contributed by atoms with E-state index in [2.05, 4.69) is 0 Å². The number of rotatable bonds is 2. The molecule has 2 aromatic rings. The van der Waals surface area contributed by atoms with Crippen LogP contribution in [0.2, 0.25) is 0 Å². The van der Waals surface area contributed by atoms with Crippen LogP contribution in [0.3, 0.4) is 0 Å². The van der Waals surface area contributed by atoms with Crippen LogP contribution >= 0.6 is 0 Å². The highest BCUT2D eigenvalue weighted by Gasteiger charge is 2.09. The molecule has 0 aromatic heterocycles. The van der Waals surface area contributed by atoms with E-state index >= 15 is 0 Å². The minimum absolute atomic E-state index is 0.0346. The Morgan fingerprint density at radius 2 is 1.67 bits per heavy atom. The van der Waals surface area contributed by atoms with Gasteiger partial charge < -0.3 is 4.74 Å². The van der Waals surface area contributed by atoms with Crippen LogP contribution in [0.1, 0.15) is 5.56 Å². The molecule has 1 nitrogen and oxygen atoms in total. The van der Waals surface area contributed by atoms with Gasteiger partial charge in [0.1, 0.15) is 5.75 Å². The summed E-state index contributed by atoms with van der Waals surface area (Å²) in [4.78, 5) is 0. The summed E-state index contributed by atoms with van der Waals surface area (Å²) < 4.78 is 29.7. The van der Waals surface area contributed by atoms with Gasteiger partial charge in [0.25, 0.3) is 0 Å². The van der Waals surface area contributed by atoms with E-state index in [1.165, 1.54) is 12.1 Å². The van der Waals surface area contributed by atoms with Crippen molar-refractivity contribution < 1.29 is 13.5 Å². The molecule has 0 aliphatic rings. The highest BCUT2D eigenvalue weighted by Crippen LogP contribution is 2.25. The summed E-state index contributed by atoms with van der Waals surface area (Å²) >= 11 is 0. The molecule has 0 heterocycles. The van der Waals surface area contributed by atoms with Gasteiger partial charge in [-0.15, -0.1) is 0 Å². The fourth-order valence-electron chi connectivity index (χ4n) is 1.47. The second kappa shape index (κ2) is 3.85. The molecule has 0 bridgehead atoms. The molecule has 0 aliphatic heterocycles. The Balaban J connectivity index is 2.55. The van der Waals surface area contributed by atoms with Crippen LogP contribution in [-0.4, -0.2) is 7.11 Å².